The lowest BCUT2D eigenvalue weighted by molar-refractivity contribution is -0.177. The van der Waals surface area contributed by atoms with Gasteiger partial charge in [0.05, 0.1) is 6.42 Å². The topological polar surface area (TPSA) is 52.6 Å². The van der Waals surface area contributed by atoms with E-state index in [0.29, 0.717) is 18.4 Å². The van der Waals surface area contributed by atoms with E-state index in [0.717, 1.165) is 0 Å². The van der Waals surface area contributed by atoms with Gasteiger partial charge in [0.25, 0.3) is 0 Å². The summed E-state index contributed by atoms with van der Waals surface area (Å²) >= 11 is 0. The lowest BCUT2D eigenvalue weighted by Crippen LogP contribution is -2.37. The lowest BCUT2D eigenvalue weighted by atomic mass is 10.2. The van der Waals surface area contributed by atoms with Crippen LogP contribution < -0.4 is 0 Å². The minimum absolute atomic E-state index is 0.142. The highest BCUT2D eigenvalue weighted by atomic mass is 16.6. The highest BCUT2D eigenvalue weighted by Crippen LogP contribution is 2.13. The lowest BCUT2D eigenvalue weighted by Gasteiger charge is -2.24. The Balaban J connectivity index is 2.15. The molecule has 13 heavy (non-hydrogen) atoms. The molecule has 1 fully saturated rings. The number of carbonyl (C=O) groups excluding carboxylic acids is 2. The number of cyclic esters (lactones) is 1. The van der Waals surface area contributed by atoms with Gasteiger partial charge < -0.3 is 9.47 Å². The molecule has 4 nitrogen and oxygen atoms in total. The Morgan fingerprint density at radius 2 is 2.38 bits per heavy atom. The molecule has 1 aliphatic heterocycles. The van der Waals surface area contributed by atoms with Crippen LogP contribution in [0.2, 0.25) is 0 Å². The molecule has 0 bridgehead atoms. The molecular formula is C9H12O4. The fourth-order valence-electron chi connectivity index (χ4n) is 0.870. The Hall–Kier alpha value is -1.32. The Morgan fingerprint density at radius 1 is 1.77 bits per heavy atom. The van der Waals surface area contributed by atoms with Crippen LogP contribution in [0, 0.1) is 0 Å². The molecule has 72 valence electrons. The summed E-state index contributed by atoms with van der Waals surface area (Å²) in [5, 5.41) is 0. The van der Waals surface area contributed by atoms with Crippen molar-refractivity contribution in [2.45, 2.75) is 25.9 Å². The first kappa shape index (κ1) is 9.77. The van der Waals surface area contributed by atoms with E-state index in [1.807, 2.05) is 6.92 Å². The summed E-state index contributed by atoms with van der Waals surface area (Å²) in [5.41, 5.74) is 0.436. The summed E-state index contributed by atoms with van der Waals surface area (Å²) in [5.74, 6) is -0.652. The summed E-state index contributed by atoms with van der Waals surface area (Å²) in [6, 6.07) is 0. The van der Waals surface area contributed by atoms with Crippen molar-refractivity contribution < 1.29 is 19.1 Å². The molecule has 1 atom stereocenters. The van der Waals surface area contributed by atoms with E-state index in [4.69, 9.17) is 4.74 Å². The number of carbonyl (C=O) groups is 2. The third kappa shape index (κ3) is 2.57. The number of hydrogen-bond acceptors (Lipinski definition) is 4. The van der Waals surface area contributed by atoms with Crippen LogP contribution in [0.15, 0.2) is 12.2 Å². The average molecular weight is 184 g/mol. The maximum atomic E-state index is 11.0. The number of ether oxygens (including phenoxy) is 2. The number of hydrogen-bond donors (Lipinski definition) is 0. The molecule has 0 N–H and O–H groups in total. The van der Waals surface area contributed by atoms with E-state index in [-0.39, 0.29) is 18.7 Å². The van der Waals surface area contributed by atoms with Gasteiger partial charge in [0, 0.05) is 5.57 Å². The highest BCUT2D eigenvalue weighted by Gasteiger charge is 2.29. The summed E-state index contributed by atoms with van der Waals surface area (Å²) < 4.78 is 9.49. The minimum Gasteiger partial charge on any atom is -0.458 e. The Bertz CT molecular complexity index is 236. The van der Waals surface area contributed by atoms with Crippen molar-refractivity contribution in [3.05, 3.63) is 12.2 Å². The Kier molecular flexibility index (Phi) is 3.06. The van der Waals surface area contributed by atoms with E-state index in [2.05, 4.69) is 11.3 Å². The van der Waals surface area contributed by atoms with Crippen molar-refractivity contribution >= 4 is 11.9 Å². The molecule has 1 saturated heterocycles. The molecule has 0 aliphatic carbocycles. The van der Waals surface area contributed by atoms with Crippen molar-refractivity contribution in [3.63, 3.8) is 0 Å². The molecule has 1 heterocycles. The van der Waals surface area contributed by atoms with Gasteiger partial charge in [-0.15, -0.1) is 0 Å². The van der Waals surface area contributed by atoms with Gasteiger partial charge in [-0.3, -0.25) is 4.79 Å². The van der Waals surface area contributed by atoms with Gasteiger partial charge in [-0.25, -0.2) is 4.79 Å². The van der Waals surface area contributed by atoms with Gasteiger partial charge in [-0.05, 0) is 6.42 Å². The van der Waals surface area contributed by atoms with Crippen LogP contribution >= 0.6 is 0 Å². The SMILES string of the molecule is C=C(CC)C(=O)OCC1CC(=O)O1. The zero-order valence-corrected chi connectivity index (χ0v) is 7.54. The predicted molar refractivity (Wildman–Crippen MR) is 44.9 cm³/mol. The number of rotatable bonds is 4. The van der Waals surface area contributed by atoms with Crippen molar-refractivity contribution in [3.8, 4) is 0 Å². The second-order valence-corrected chi connectivity index (χ2v) is 2.87. The first-order valence-electron chi connectivity index (χ1n) is 4.18. The monoisotopic (exact) mass is 184 g/mol. The normalized spacial score (nSPS) is 20.1. The van der Waals surface area contributed by atoms with Crippen molar-refractivity contribution in [2.75, 3.05) is 6.61 Å². The maximum Gasteiger partial charge on any atom is 0.333 e. The van der Waals surface area contributed by atoms with Crippen LogP contribution in [0.1, 0.15) is 19.8 Å². The molecule has 1 rings (SSSR count). The van der Waals surface area contributed by atoms with Crippen LogP contribution in [0.25, 0.3) is 0 Å². The summed E-state index contributed by atoms with van der Waals surface area (Å²) in [4.78, 5) is 21.4. The average Bonchev–Trinajstić information content (AvgIpc) is 2.08. The van der Waals surface area contributed by atoms with Crippen LogP contribution in [0.4, 0.5) is 0 Å². The van der Waals surface area contributed by atoms with Crippen molar-refractivity contribution in [1.29, 1.82) is 0 Å². The van der Waals surface area contributed by atoms with Gasteiger partial charge >= 0.3 is 11.9 Å². The molecule has 0 saturated carbocycles. The molecule has 0 aromatic carbocycles. The van der Waals surface area contributed by atoms with Gasteiger partial charge in [-0.1, -0.05) is 13.5 Å². The first-order valence-corrected chi connectivity index (χ1v) is 4.18. The third-order valence-corrected chi connectivity index (χ3v) is 1.81. The summed E-state index contributed by atoms with van der Waals surface area (Å²) in [7, 11) is 0. The van der Waals surface area contributed by atoms with Gasteiger partial charge in [-0.2, -0.15) is 0 Å². The number of esters is 2. The molecule has 0 radical (unpaired) electrons. The quantitative estimate of drug-likeness (QED) is 0.479. The summed E-state index contributed by atoms with van der Waals surface area (Å²) in [6.45, 7) is 5.50. The van der Waals surface area contributed by atoms with Crippen LogP contribution in [0.5, 0.6) is 0 Å². The second kappa shape index (κ2) is 4.07. The summed E-state index contributed by atoms with van der Waals surface area (Å²) in [6.07, 6.45) is 0.663. The van der Waals surface area contributed by atoms with E-state index in [9.17, 15) is 9.59 Å². The standard InChI is InChI=1S/C9H12O4/c1-3-6(2)9(11)12-5-7-4-8(10)13-7/h7H,2-5H2,1H3. The van der Waals surface area contributed by atoms with E-state index < -0.39 is 5.97 Å². The molecular weight excluding hydrogens is 172 g/mol. The molecule has 0 spiro atoms. The second-order valence-electron chi connectivity index (χ2n) is 2.87. The smallest absolute Gasteiger partial charge is 0.333 e. The van der Waals surface area contributed by atoms with Crippen molar-refractivity contribution in [2.24, 2.45) is 0 Å². The zero-order chi connectivity index (χ0) is 9.84. The minimum atomic E-state index is -0.412. The molecule has 4 heteroatoms. The Labute approximate surface area is 76.5 Å². The highest BCUT2D eigenvalue weighted by molar-refractivity contribution is 5.87. The molecule has 0 aromatic heterocycles. The van der Waals surface area contributed by atoms with Gasteiger partial charge in [0.1, 0.15) is 12.7 Å². The predicted octanol–water partition coefficient (Wildman–Crippen LogP) is 0.811. The van der Waals surface area contributed by atoms with Crippen LogP contribution in [-0.2, 0) is 19.1 Å². The van der Waals surface area contributed by atoms with E-state index in [1.54, 1.807) is 0 Å². The van der Waals surface area contributed by atoms with E-state index >= 15 is 0 Å². The largest absolute Gasteiger partial charge is 0.458 e. The molecule has 0 amide bonds. The van der Waals surface area contributed by atoms with Crippen LogP contribution in [-0.4, -0.2) is 24.6 Å². The zero-order valence-electron chi connectivity index (χ0n) is 7.54. The van der Waals surface area contributed by atoms with Crippen LogP contribution in [0.3, 0.4) is 0 Å². The maximum absolute atomic E-state index is 11.0. The first-order chi connectivity index (χ1) is 6.13. The van der Waals surface area contributed by atoms with Gasteiger partial charge in [0.15, 0.2) is 0 Å². The Morgan fingerprint density at radius 3 is 2.85 bits per heavy atom. The van der Waals surface area contributed by atoms with Crippen molar-refractivity contribution in [1.82, 2.24) is 0 Å². The molecule has 1 unspecified atom stereocenters. The van der Waals surface area contributed by atoms with E-state index in [1.165, 1.54) is 0 Å². The fourth-order valence-corrected chi connectivity index (χ4v) is 0.870. The molecule has 0 aromatic rings. The molecule has 1 aliphatic rings. The third-order valence-electron chi connectivity index (χ3n) is 1.81. The fraction of sp³-hybridized carbons (Fsp3) is 0.556. The van der Waals surface area contributed by atoms with Gasteiger partial charge in [0.2, 0.25) is 0 Å².